The molecule has 2 rings (SSSR count). The quantitative estimate of drug-likeness (QED) is 0.806. The molecule has 0 saturated carbocycles. The van der Waals surface area contributed by atoms with Crippen molar-refractivity contribution in [1.29, 1.82) is 0 Å². The highest BCUT2D eigenvalue weighted by Crippen LogP contribution is 2.24. The Kier molecular flexibility index (Phi) is 2.99. The average Bonchev–Trinajstić information content (AvgIpc) is 2.78. The van der Waals surface area contributed by atoms with Gasteiger partial charge in [-0.3, -0.25) is 9.59 Å². The molecule has 1 atom stereocenters. The second-order valence-electron chi connectivity index (χ2n) is 4.18. The van der Waals surface area contributed by atoms with Gasteiger partial charge in [0.25, 0.3) is 0 Å². The first-order chi connectivity index (χ1) is 8.08. The summed E-state index contributed by atoms with van der Waals surface area (Å²) in [6.45, 7) is 1.25. The van der Waals surface area contributed by atoms with Gasteiger partial charge in [0.05, 0.1) is 5.92 Å². The lowest BCUT2D eigenvalue weighted by molar-refractivity contribution is -0.140. The van der Waals surface area contributed by atoms with E-state index in [1.54, 1.807) is 24.3 Å². The van der Waals surface area contributed by atoms with E-state index in [4.69, 9.17) is 10.8 Å². The second-order valence-corrected chi connectivity index (χ2v) is 4.18. The van der Waals surface area contributed by atoms with Crippen LogP contribution in [0.3, 0.4) is 0 Å². The molecule has 1 amide bonds. The number of benzene rings is 1. The Morgan fingerprint density at radius 3 is 2.41 bits per heavy atom. The number of hydrogen-bond donors (Lipinski definition) is 2. The van der Waals surface area contributed by atoms with Crippen LogP contribution >= 0.6 is 0 Å². The summed E-state index contributed by atoms with van der Waals surface area (Å²) < 4.78 is 0. The number of hydrogen-bond acceptors (Lipinski definition) is 3. The fourth-order valence-corrected chi connectivity index (χ4v) is 2.03. The molecule has 0 spiro atoms. The van der Waals surface area contributed by atoms with Gasteiger partial charge in [0.15, 0.2) is 0 Å². The summed E-state index contributed by atoms with van der Waals surface area (Å²) in [5.41, 5.74) is 6.54. The molecule has 3 N–H and O–H groups in total. The zero-order valence-electron chi connectivity index (χ0n) is 9.30. The molecule has 1 aromatic rings. The molecule has 1 saturated heterocycles. The van der Waals surface area contributed by atoms with E-state index in [2.05, 4.69) is 0 Å². The van der Waals surface area contributed by atoms with Crippen LogP contribution in [-0.4, -0.2) is 30.1 Å². The third-order valence-corrected chi connectivity index (χ3v) is 3.05. The van der Waals surface area contributed by atoms with Gasteiger partial charge < -0.3 is 15.7 Å². The summed E-state index contributed by atoms with van der Waals surface area (Å²) in [4.78, 5) is 23.7. The Morgan fingerprint density at radius 2 is 1.94 bits per heavy atom. The minimum absolute atomic E-state index is 0.300. The summed E-state index contributed by atoms with van der Waals surface area (Å²) in [6.07, 6.45) is 0.660. The number of primary amides is 1. The summed E-state index contributed by atoms with van der Waals surface area (Å²) in [5, 5.41) is 8.91. The highest BCUT2D eigenvalue weighted by atomic mass is 16.4. The van der Waals surface area contributed by atoms with E-state index in [0.717, 1.165) is 12.2 Å². The molecule has 0 aliphatic carbocycles. The monoisotopic (exact) mass is 234 g/mol. The van der Waals surface area contributed by atoms with Crippen LogP contribution in [0, 0.1) is 5.92 Å². The van der Waals surface area contributed by atoms with Crippen molar-refractivity contribution in [2.45, 2.75) is 6.42 Å². The van der Waals surface area contributed by atoms with Gasteiger partial charge in [-0.15, -0.1) is 0 Å². The van der Waals surface area contributed by atoms with Crippen LogP contribution in [0.2, 0.25) is 0 Å². The van der Waals surface area contributed by atoms with Crippen molar-refractivity contribution in [3.05, 3.63) is 29.8 Å². The lowest BCUT2D eigenvalue weighted by Crippen LogP contribution is -2.22. The lowest BCUT2D eigenvalue weighted by atomic mass is 10.1. The van der Waals surface area contributed by atoms with Crippen LogP contribution in [-0.2, 0) is 4.79 Å². The van der Waals surface area contributed by atoms with Crippen LogP contribution in [0.1, 0.15) is 16.8 Å². The first-order valence-electron chi connectivity index (χ1n) is 5.45. The summed E-state index contributed by atoms with van der Waals surface area (Å²) in [5.74, 6) is -1.51. The maximum Gasteiger partial charge on any atom is 0.308 e. The first kappa shape index (κ1) is 11.4. The van der Waals surface area contributed by atoms with E-state index >= 15 is 0 Å². The number of anilines is 1. The van der Waals surface area contributed by atoms with E-state index in [1.165, 1.54) is 0 Å². The number of aliphatic carboxylic acids is 1. The maximum atomic E-state index is 10.9. The Morgan fingerprint density at radius 1 is 1.29 bits per heavy atom. The molecule has 0 bridgehead atoms. The van der Waals surface area contributed by atoms with Gasteiger partial charge in [-0.05, 0) is 30.7 Å². The third kappa shape index (κ3) is 2.38. The largest absolute Gasteiger partial charge is 0.481 e. The van der Waals surface area contributed by atoms with Crippen molar-refractivity contribution >= 4 is 17.6 Å². The lowest BCUT2D eigenvalue weighted by Gasteiger charge is -2.18. The third-order valence-electron chi connectivity index (χ3n) is 3.05. The standard InChI is InChI=1S/C12H14N2O3/c13-11(15)8-1-3-10(4-2-8)14-6-5-9(7-14)12(16)17/h1-4,9H,5-7H2,(H2,13,15)(H,16,17). The van der Waals surface area contributed by atoms with Gasteiger partial charge in [-0.1, -0.05) is 0 Å². The van der Waals surface area contributed by atoms with Gasteiger partial charge in [0.2, 0.25) is 5.91 Å². The predicted molar refractivity (Wildman–Crippen MR) is 62.9 cm³/mol. The number of nitrogens with zero attached hydrogens (tertiary/aromatic N) is 1. The zero-order chi connectivity index (χ0) is 12.4. The number of carboxylic acids is 1. The van der Waals surface area contributed by atoms with Crippen LogP contribution < -0.4 is 10.6 Å². The minimum Gasteiger partial charge on any atom is -0.481 e. The summed E-state index contributed by atoms with van der Waals surface area (Å²) in [6, 6.07) is 6.91. The molecular formula is C12H14N2O3. The van der Waals surface area contributed by atoms with E-state index < -0.39 is 11.9 Å². The normalized spacial score (nSPS) is 19.3. The fourth-order valence-electron chi connectivity index (χ4n) is 2.03. The molecular weight excluding hydrogens is 220 g/mol. The number of nitrogens with two attached hydrogens (primary N) is 1. The molecule has 5 heteroatoms. The molecule has 1 aliphatic rings. The Hall–Kier alpha value is -2.04. The maximum absolute atomic E-state index is 10.9. The first-order valence-corrected chi connectivity index (χ1v) is 5.45. The molecule has 0 radical (unpaired) electrons. The number of carboxylic acid groups (broad SMARTS) is 1. The van der Waals surface area contributed by atoms with E-state index in [1.807, 2.05) is 4.90 Å². The van der Waals surface area contributed by atoms with Crippen molar-refractivity contribution in [3.8, 4) is 0 Å². The van der Waals surface area contributed by atoms with E-state index in [0.29, 0.717) is 18.5 Å². The molecule has 0 aromatic heterocycles. The Balaban J connectivity index is 2.09. The van der Waals surface area contributed by atoms with Crippen LogP contribution in [0.4, 0.5) is 5.69 Å². The van der Waals surface area contributed by atoms with Crippen LogP contribution in [0.25, 0.3) is 0 Å². The van der Waals surface area contributed by atoms with Gasteiger partial charge >= 0.3 is 5.97 Å². The number of carbonyl (C=O) groups excluding carboxylic acids is 1. The molecule has 5 nitrogen and oxygen atoms in total. The predicted octanol–water partition coefficient (Wildman–Crippen LogP) is 0.696. The average molecular weight is 234 g/mol. The molecule has 1 unspecified atom stereocenters. The number of carbonyl (C=O) groups is 2. The highest BCUT2D eigenvalue weighted by Gasteiger charge is 2.27. The Labute approximate surface area is 98.8 Å². The smallest absolute Gasteiger partial charge is 0.308 e. The summed E-state index contributed by atoms with van der Waals surface area (Å²) >= 11 is 0. The van der Waals surface area contributed by atoms with Gasteiger partial charge in [-0.2, -0.15) is 0 Å². The molecule has 1 fully saturated rings. The SMILES string of the molecule is NC(=O)c1ccc(N2CCC(C(=O)O)C2)cc1. The second kappa shape index (κ2) is 4.45. The van der Waals surface area contributed by atoms with Gasteiger partial charge in [0.1, 0.15) is 0 Å². The molecule has 1 aliphatic heterocycles. The minimum atomic E-state index is -0.749. The van der Waals surface area contributed by atoms with Crippen molar-refractivity contribution in [2.75, 3.05) is 18.0 Å². The fraction of sp³-hybridized carbons (Fsp3) is 0.333. The van der Waals surface area contributed by atoms with E-state index in [-0.39, 0.29) is 5.92 Å². The van der Waals surface area contributed by atoms with Crippen molar-refractivity contribution < 1.29 is 14.7 Å². The van der Waals surface area contributed by atoms with Crippen LogP contribution in [0.5, 0.6) is 0 Å². The molecule has 17 heavy (non-hydrogen) atoms. The number of amides is 1. The number of rotatable bonds is 3. The van der Waals surface area contributed by atoms with Crippen molar-refractivity contribution in [1.82, 2.24) is 0 Å². The highest BCUT2D eigenvalue weighted by molar-refractivity contribution is 5.93. The van der Waals surface area contributed by atoms with Gasteiger partial charge in [0, 0.05) is 24.3 Å². The molecule has 1 heterocycles. The van der Waals surface area contributed by atoms with Gasteiger partial charge in [-0.25, -0.2) is 0 Å². The summed E-state index contributed by atoms with van der Waals surface area (Å²) in [7, 11) is 0. The molecule has 90 valence electrons. The Bertz CT molecular complexity index is 442. The van der Waals surface area contributed by atoms with E-state index in [9.17, 15) is 9.59 Å². The zero-order valence-corrected chi connectivity index (χ0v) is 9.30. The topological polar surface area (TPSA) is 83.6 Å². The van der Waals surface area contributed by atoms with Crippen molar-refractivity contribution in [3.63, 3.8) is 0 Å². The molecule has 1 aromatic carbocycles. The van der Waals surface area contributed by atoms with Crippen LogP contribution in [0.15, 0.2) is 24.3 Å². The van der Waals surface area contributed by atoms with Crippen molar-refractivity contribution in [2.24, 2.45) is 11.7 Å².